The van der Waals surface area contributed by atoms with Crippen molar-refractivity contribution in [3.63, 3.8) is 0 Å². The number of ketones is 1. The van der Waals surface area contributed by atoms with Crippen molar-refractivity contribution in [1.82, 2.24) is 26.2 Å². The zero-order chi connectivity index (χ0) is 37.6. The number of nitrogens with zero attached hydrogens (tertiary/aromatic N) is 1. The molecule has 0 aromatic rings. The first kappa shape index (κ1) is 41.0. The first-order valence-electron chi connectivity index (χ1n) is 18.5. The highest BCUT2D eigenvalue weighted by molar-refractivity contribution is 6.38. The van der Waals surface area contributed by atoms with Gasteiger partial charge in [-0.25, -0.2) is 4.79 Å². The number of amides is 5. The number of alkyl carbamates (subject to hydrolysis) is 1. The standard InChI is InChI=1S/C38H63N5O7/c1-11-20-39-32(46)28(44)26(22-24-15-16-24)40-31(45)27-25(23(2)3)17-21-43(27)34(48)30(36(4,5)6)41-33(47)29(38(10)18-13-12-14-19-38)42-35(49)50-37(7,8)9/h11,23-27,29-30H,1,12-22H2,2-10H3,(H,39,46)(H,40,45)(H,41,47)(H,42,49)/t25?,26?,27-,29+,30+/m0/s1. The van der Waals surface area contributed by atoms with Gasteiger partial charge in [-0.1, -0.05) is 79.7 Å². The van der Waals surface area contributed by atoms with E-state index in [1.165, 1.54) is 11.0 Å². The van der Waals surface area contributed by atoms with E-state index >= 15 is 0 Å². The fraction of sp³-hybridized carbons (Fsp3) is 0.789. The van der Waals surface area contributed by atoms with E-state index in [1.54, 1.807) is 20.8 Å². The number of carbonyl (C=O) groups excluding carboxylic acids is 6. The molecule has 2 aliphatic carbocycles. The van der Waals surface area contributed by atoms with Crippen LogP contribution in [0.3, 0.4) is 0 Å². The first-order chi connectivity index (χ1) is 23.2. The highest BCUT2D eigenvalue weighted by atomic mass is 16.6. The van der Waals surface area contributed by atoms with E-state index in [9.17, 15) is 28.8 Å². The monoisotopic (exact) mass is 701 g/mol. The number of likely N-dealkylation sites (tertiary alicyclic amines) is 1. The maximum absolute atomic E-state index is 14.6. The Balaban J connectivity index is 1.90. The van der Waals surface area contributed by atoms with Crippen molar-refractivity contribution in [1.29, 1.82) is 0 Å². The number of hydrogen-bond donors (Lipinski definition) is 4. The van der Waals surface area contributed by atoms with E-state index in [2.05, 4.69) is 27.8 Å². The summed E-state index contributed by atoms with van der Waals surface area (Å²) in [6.07, 6.45) is 7.87. The number of nitrogens with one attached hydrogen (secondary N) is 4. The largest absolute Gasteiger partial charge is 0.444 e. The molecule has 1 heterocycles. The van der Waals surface area contributed by atoms with Crippen molar-refractivity contribution in [3.8, 4) is 0 Å². The summed E-state index contributed by atoms with van der Waals surface area (Å²) in [6, 6.07) is -3.89. The molecule has 1 saturated heterocycles. The smallest absolute Gasteiger partial charge is 0.408 e. The minimum absolute atomic E-state index is 0.0355. The summed E-state index contributed by atoms with van der Waals surface area (Å²) in [5, 5.41) is 11.2. The lowest BCUT2D eigenvalue weighted by Gasteiger charge is -2.42. The van der Waals surface area contributed by atoms with Gasteiger partial charge in [0.1, 0.15) is 23.7 Å². The molecule has 3 rings (SSSR count). The SMILES string of the molecule is C=CCNC(=O)C(=O)C(CC1CC1)NC(=O)[C@@H]1C(C(C)C)CCN1C(=O)[C@@H](NC(=O)[C@@H](NC(=O)OC(C)(C)C)C1(C)CCCCC1)C(C)(C)C. The number of Topliss-reactive ketones (excluding diaryl/α,β-unsaturated/α-hetero) is 1. The summed E-state index contributed by atoms with van der Waals surface area (Å²) in [7, 11) is 0. The first-order valence-corrected chi connectivity index (χ1v) is 18.5. The van der Waals surface area contributed by atoms with Gasteiger partial charge >= 0.3 is 6.09 Å². The molecule has 5 amide bonds. The summed E-state index contributed by atoms with van der Waals surface area (Å²) in [4.78, 5) is 83.4. The average Bonchev–Trinajstić information content (AvgIpc) is 3.71. The lowest BCUT2D eigenvalue weighted by molar-refractivity contribution is -0.146. The van der Waals surface area contributed by atoms with Crippen LogP contribution in [0.2, 0.25) is 0 Å². The zero-order valence-corrected chi connectivity index (χ0v) is 31.9. The normalized spacial score (nSPS) is 22.5. The molecule has 12 nitrogen and oxygen atoms in total. The summed E-state index contributed by atoms with van der Waals surface area (Å²) in [5.74, 6) is -2.80. The van der Waals surface area contributed by atoms with Crippen LogP contribution >= 0.6 is 0 Å². The molecule has 0 bridgehead atoms. The van der Waals surface area contributed by atoms with Gasteiger partial charge in [0, 0.05) is 13.1 Å². The van der Waals surface area contributed by atoms with Gasteiger partial charge in [0.05, 0.1) is 6.04 Å². The summed E-state index contributed by atoms with van der Waals surface area (Å²) in [5.41, 5.74) is -2.08. The molecular weight excluding hydrogens is 638 g/mol. The fourth-order valence-corrected chi connectivity index (χ4v) is 7.35. The van der Waals surface area contributed by atoms with Crippen molar-refractivity contribution in [3.05, 3.63) is 12.7 Å². The van der Waals surface area contributed by atoms with Crippen molar-refractivity contribution in [2.45, 2.75) is 150 Å². The lowest BCUT2D eigenvalue weighted by atomic mass is 9.70. The highest BCUT2D eigenvalue weighted by Crippen LogP contribution is 2.40. The lowest BCUT2D eigenvalue weighted by Crippen LogP contribution is -2.63. The third-order valence-corrected chi connectivity index (χ3v) is 10.4. The van der Waals surface area contributed by atoms with Crippen LogP contribution in [-0.4, -0.2) is 83.3 Å². The van der Waals surface area contributed by atoms with Gasteiger partial charge in [0.15, 0.2) is 0 Å². The number of ether oxygens (including phenoxy) is 1. The van der Waals surface area contributed by atoms with Crippen LogP contribution in [0.25, 0.3) is 0 Å². The third-order valence-electron chi connectivity index (χ3n) is 10.4. The van der Waals surface area contributed by atoms with Crippen molar-refractivity contribution < 1.29 is 33.5 Å². The molecule has 2 unspecified atom stereocenters. The number of rotatable bonds is 14. The van der Waals surface area contributed by atoms with Crippen LogP contribution in [0.1, 0.15) is 120 Å². The molecule has 3 aliphatic rings. The van der Waals surface area contributed by atoms with E-state index < -0.39 is 76.1 Å². The molecular formula is C38H63N5O7. The number of hydrogen-bond acceptors (Lipinski definition) is 7. The molecule has 50 heavy (non-hydrogen) atoms. The van der Waals surface area contributed by atoms with E-state index in [-0.39, 0.29) is 24.3 Å². The summed E-state index contributed by atoms with van der Waals surface area (Å²) in [6.45, 7) is 20.8. The van der Waals surface area contributed by atoms with Crippen LogP contribution < -0.4 is 21.3 Å². The molecule has 0 aromatic carbocycles. The Morgan fingerprint density at radius 3 is 2.06 bits per heavy atom. The van der Waals surface area contributed by atoms with Gasteiger partial charge in [0.25, 0.3) is 5.91 Å². The Labute approximate surface area is 299 Å². The molecule has 12 heteroatoms. The van der Waals surface area contributed by atoms with Crippen molar-refractivity contribution in [2.24, 2.45) is 28.6 Å². The van der Waals surface area contributed by atoms with Gasteiger partial charge < -0.3 is 30.9 Å². The predicted molar refractivity (Wildman–Crippen MR) is 192 cm³/mol. The molecule has 282 valence electrons. The summed E-state index contributed by atoms with van der Waals surface area (Å²) >= 11 is 0. The van der Waals surface area contributed by atoms with Crippen LogP contribution in [-0.2, 0) is 28.7 Å². The van der Waals surface area contributed by atoms with Gasteiger partial charge in [-0.15, -0.1) is 6.58 Å². The van der Waals surface area contributed by atoms with Crippen molar-refractivity contribution in [2.75, 3.05) is 13.1 Å². The van der Waals surface area contributed by atoms with Crippen LogP contribution in [0.5, 0.6) is 0 Å². The maximum Gasteiger partial charge on any atom is 0.408 e. The van der Waals surface area contributed by atoms with Crippen molar-refractivity contribution >= 4 is 35.5 Å². The molecule has 0 radical (unpaired) electrons. The Hall–Kier alpha value is -3.44. The van der Waals surface area contributed by atoms with Crippen LogP contribution in [0, 0.1) is 28.6 Å². The predicted octanol–water partition coefficient (Wildman–Crippen LogP) is 4.41. The molecule has 1 aliphatic heterocycles. The van der Waals surface area contributed by atoms with E-state index in [0.29, 0.717) is 19.4 Å². The fourth-order valence-electron chi connectivity index (χ4n) is 7.35. The van der Waals surface area contributed by atoms with Gasteiger partial charge in [0.2, 0.25) is 23.5 Å². The minimum Gasteiger partial charge on any atom is -0.444 e. The Kier molecular flexibility index (Phi) is 13.7. The van der Waals surface area contributed by atoms with E-state index in [4.69, 9.17) is 4.74 Å². The second-order valence-electron chi connectivity index (χ2n) is 17.4. The molecule has 5 atom stereocenters. The van der Waals surface area contributed by atoms with Gasteiger partial charge in [-0.05, 0) is 75.0 Å². The second kappa shape index (κ2) is 16.7. The average molecular weight is 702 g/mol. The second-order valence-corrected chi connectivity index (χ2v) is 17.4. The Morgan fingerprint density at radius 2 is 1.54 bits per heavy atom. The zero-order valence-electron chi connectivity index (χ0n) is 31.9. The summed E-state index contributed by atoms with van der Waals surface area (Å²) < 4.78 is 5.54. The van der Waals surface area contributed by atoms with E-state index in [0.717, 1.165) is 44.9 Å². The molecule has 0 spiro atoms. The molecule has 3 fully saturated rings. The molecule has 2 saturated carbocycles. The highest BCUT2D eigenvalue weighted by Gasteiger charge is 2.49. The van der Waals surface area contributed by atoms with E-state index in [1.807, 2.05) is 41.5 Å². The topological polar surface area (TPSA) is 163 Å². The molecule has 0 aromatic heterocycles. The van der Waals surface area contributed by atoms with Crippen LogP contribution in [0.4, 0.5) is 4.79 Å². The Morgan fingerprint density at radius 1 is 0.920 bits per heavy atom. The Bertz CT molecular complexity index is 1270. The third kappa shape index (κ3) is 11.0. The van der Waals surface area contributed by atoms with Gasteiger partial charge in [-0.3, -0.25) is 24.0 Å². The quantitative estimate of drug-likeness (QED) is 0.154. The van der Waals surface area contributed by atoms with Crippen LogP contribution in [0.15, 0.2) is 12.7 Å². The molecule has 4 N–H and O–H groups in total. The maximum atomic E-state index is 14.6. The van der Waals surface area contributed by atoms with Gasteiger partial charge in [-0.2, -0.15) is 0 Å². The number of carbonyl (C=O) groups is 6. The minimum atomic E-state index is -1.03.